The number of alkyl halides is 3. The topological polar surface area (TPSA) is 66.5 Å². The number of likely N-dealkylation sites (tertiary alicyclic amines) is 1. The van der Waals surface area contributed by atoms with E-state index in [-0.39, 0.29) is 18.7 Å². The molecule has 2 rings (SSSR count). The zero-order valence-corrected chi connectivity index (χ0v) is 16.2. The minimum atomic E-state index is -4.77. The summed E-state index contributed by atoms with van der Waals surface area (Å²) < 4.78 is 66.9. The second-order valence-corrected chi connectivity index (χ2v) is 8.89. The van der Waals surface area contributed by atoms with Gasteiger partial charge in [0.2, 0.25) is 15.9 Å². The minimum absolute atomic E-state index is 0.0481. The number of nitrogens with one attached hydrogen (secondary N) is 1. The molecule has 1 N–H and O–H groups in total. The van der Waals surface area contributed by atoms with Crippen LogP contribution in [0.4, 0.5) is 13.2 Å². The molecule has 1 aliphatic rings. The Morgan fingerprint density at radius 3 is 2.52 bits per heavy atom. The molecule has 0 bridgehead atoms. The zero-order chi connectivity index (χ0) is 20.2. The van der Waals surface area contributed by atoms with Gasteiger partial charge in [-0.3, -0.25) is 4.79 Å². The highest BCUT2D eigenvalue weighted by molar-refractivity contribution is 7.89. The SMILES string of the molecule is CC(C)CCN1CCC(NS(=O)(=O)c2ccccc2C(F)(F)F)CCC1=O. The first-order valence-corrected chi connectivity index (χ1v) is 10.5. The molecule has 1 saturated heterocycles. The van der Waals surface area contributed by atoms with Crippen LogP contribution < -0.4 is 4.72 Å². The molecule has 27 heavy (non-hydrogen) atoms. The van der Waals surface area contributed by atoms with Gasteiger partial charge in [-0.2, -0.15) is 13.2 Å². The second kappa shape index (κ2) is 8.60. The van der Waals surface area contributed by atoms with Crippen molar-refractivity contribution in [2.45, 2.75) is 56.6 Å². The molecule has 1 fully saturated rings. The Hall–Kier alpha value is -1.61. The van der Waals surface area contributed by atoms with Gasteiger partial charge in [0.1, 0.15) is 0 Å². The van der Waals surface area contributed by atoms with Gasteiger partial charge in [0.05, 0.1) is 10.5 Å². The Kier molecular flexibility index (Phi) is 6.91. The lowest BCUT2D eigenvalue weighted by molar-refractivity contribution is -0.140. The van der Waals surface area contributed by atoms with E-state index < -0.39 is 32.7 Å². The molecule has 1 aliphatic heterocycles. The van der Waals surface area contributed by atoms with Crippen molar-refractivity contribution in [1.29, 1.82) is 0 Å². The lowest BCUT2D eigenvalue weighted by Gasteiger charge is -2.22. The molecule has 1 aromatic rings. The number of carbonyl (C=O) groups is 1. The number of amides is 1. The van der Waals surface area contributed by atoms with E-state index in [4.69, 9.17) is 0 Å². The molecular weight excluding hydrogens is 381 g/mol. The van der Waals surface area contributed by atoms with Gasteiger partial charge in [0, 0.05) is 25.6 Å². The van der Waals surface area contributed by atoms with Crippen LogP contribution in [0.1, 0.15) is 45.1 Å². The van der Waals surface area contributed by atoms with E-state index in [1.54, 1.807) is 4.90 Å². The normalized spacial score (nSPS) is 19.4. The average Bonchev–Trinajstić information content (AvgIpc) is 2.74. The van der Waals surface area contributed by atoms with Crippen LogP contribution in [0.2, 0.25) is 0 Å². The summed E-state index contributed by atoms with van der Waals surface area (Å²) in [5.74, 6) is 0.391. The molecule has 1 atom stereocenters. The maximum Gasteiger partial charge on any atom is 0.417 e. The Labute approximate surface area is 158 Å². The van der Waals surface area contributed by atoms with E-state index in [1.807, 2.05) is 0 Å². The van der Waals surface area contributed by atoms with E-state index in [2.05, 4.69) is 18.6 Å². The summed E-state index contributed by atoms with van der Waals surface area (Å²) in [5.41, 5.74) is -1.19. The first kappa shape index (κ1) is 21.7. The highest BCUT2D eigenvalue weighted by Gasteiger charge is 2.37. The number of nitrogens with zero attached hydrogens (tertiary/aromatic N) is 1. The first-order valence-electron chi connectivity index (χ1n) is 8.97. The molecule has 152 valence electrons. The third kappa shape index (κ3) is 5.93. The number of carbonyl (C=O) groups excluding carboxylic acids is 1. The Balaban J connectivity index is 2.12. The van der Waals surface area contributed by atoms with Crippen LogP contribution in [0.5, 0.6) is 0 Å². The zero-order valence-electron chi connectivity index (χ0n) is 15.4. The molecule has 1 unspecified atom stereocenters. The summed E-state index contributed by atoms with van der Waals surface area (Å²) in [6, 6.07) is 3.53. The quantitative estimate of drug-likeness (QED) is 0.787. The summed E-state index contributed by atoms with van der Waals surface area (Å²) in [4.78, 5) is 13.1. The second-order valence-electron chi connectivity index (χ2n) is 7.20. The summed E-state index contributed by atoms with van der Waals surface area (Å²) in [6.07, 6.45) is -3.10. The smallest absolute Gasteiger partial charge is 0.343 e. The minimum Gasteiger partial charge on any atom is -0.343 e. The van der Waals surface area contributed by atoms with Crippen molar-refractivity contribution in [2.75, 3.05) is 13.1 Å². The van der Waals surface area contributed by atoms with E-state index >= 15 is 0 Å². The lowest BCUT2D eigenvalue weighted by atomic mass is 10.1. The number of benzene rings is 1. The van der Waals surface area contributed by atoms with Gasteiger partial charge < -0.3 is 4.90 Å². The van der Waals surface area contributed by atoms with Crippen molar-refractivity contribution in [3.63, 3.8) is 0 Å². The van der Waals surface area contributed by atoms with Crippen molar-refractivity contribution >= 4 is 15.9 Å². The van der Waals surface area contributed by atoms with Crippen LogP contribution in [0.15, 0.2) is 29.2 Å². The van der Waals surface area contributed by atoms with E-state index in [0.29, 0.717) is 25.4 Å². The number of sulfonamides is 1. The molecule has 0 aromatic heterocycles. The molecular formula is C18H25F3N2O3S. The summed E-state index contributed by atoms with van der Waals surface area (Å²) in [5, 5.41) is 0. The standard InChI is InChI=1S/C18H25F3N2O3S/c1-13(2)9-11-23-12-10-14(7-8-17(23)24)22-27(25,26)16-6-4-3-5-15(16)18(19,20)21/h3-6,13-14,22H,7-12H2,1-2H3. The monoisotopic (exact) mass is 406 g/mol. The molecule has 1 heterocycles. The Bertz CT molecular complexity index is 763. The molecule has 0 saturated carbocycles. The fourth-order valence-electron chi connectivity index (χ4n) is 3.02. The van der Waals surface area contributed by atoms with E-state index in [1.165, 1.54) is 6.07 Å². The van der Waals surface area contributed by atoms with Crippen LogP contribution in [0.25, 0.3) is 0 Å². The van der Waals surface area contributed by atoms with Gasteiger partial charge in [-0.1, -0.05) is 26.0 Å². The highest BCUT2D eigenvalue weighted by Crippen LogP contribution is 2.34. The predicted molar refractivity (Wildman–Crippen MR) is 95.4 cm³/mol. The van der Waals surface area contributed by atoms with Gasteiger partial charge in [-0.05, 0) is 37.3 Å². The summed E-state index contributed by atoms with van der Waals surface area (Å²) in [7, 11) is -4.35. The molecule has 1 amide bonds. The third-order valence-corrected chi connectivity index (χ3v) is 6.17. The third-order valence-electron chi connectivity index (χ3n) is 4.59. The predicted octanol–water partition coefficient (Wildman–Crippen LogP) is 3.41. The maximum absolute atomic E-state index is 13.1. The largest absolute Gasteiger partial charge is 0.417 e. The van der Waals surface area contributed by atoms with Crippen molar-refractivity contribution in [2.24, 2.45) is 5.92 Å². The van der Waals surface area contributed by atoms with Crippen molar-refractivity contribution in [3.8, 4) is 0 Å². The number of hydrogen-bond donors (Lipinski definition) is 1. The summed E-state index contributed by atoms with van der Waals surface area (Å²) >= 11 is 0. The Morgan fingerprint density at radius 2 is 1.89 bits per heavy atom. The van der Waals surface area contributed by atoms with E-state index in [9.17, 15) is 26.4 Å². The molecule has 0 aliphatic carbocycles. The van der Waals surface area contributed by atoms with Gasteiger partial charge in [-0.25, -0.2) is 13.1 Å². The number of halogens is 3. The van der Waals surface area contributed by atoms with Gasteiger partial charge >= 0.3 is 6.18 Å². The van der Waals surface area contributed by atoms with Crippen LogP contribution in [-0.2, 0) is 21.0 Å². The fraction of sp³-hybridized carbons (Fsp3) is 0.611. The van der Waals surface area contributed by atoms with Crippen molar-refractivity contribution in [1.82, 2.24) is 9.62 Å². The van der Waals surface area contributed by atoms with Crippen molar-refractivity contribution < 1.29 is 26.4 Å². The van der Waals surface area contributed by atoms with Gasteiger partial charge in [0.15, 0.2) is 0 Å². The molecule has 0 spiro atoms. The molecule has 9 heteroatoms. The number of hydrogen-bond acceptors (Lipinski definition) is 3. The van der Waals surface area contributed by atoms with Crippen LogP contribution >= 0.6 is 0 Å². The first-order chi connectivity index (χ1) is 12.5. The van der Waals surface area contributed by atoms with E-state index in [0.717, 1.165) is 24.6 Å². The molecule has 0 radical (unpaired) electrons. The van der Waals surface area contributed by atoms with Crippen LogP contribution in [0, 0.1) is 5.92 Å². The van der Waals surface area contributed by atoms with Crippen LogP contribution in [-0.4, -0.2) is 38.4 Å². The van der Waals surface area contributed by atoms with Gasteiger partial charge in [0.25, 0.3) is 0 Å². The van der Waals surface area contributed by atoms with Crippen molar-refractivity contribution in [3.05, 3.63) is 29.8 Å². The summed E-state index contributed by atoms with van der Waals surface area (Å²) in [6.45, 7) is 5.10. The average molecular weight is 406 g/mol. The number of rotatable bonds is 6. The van der Waals surface area contributed by atoms with Gasteiger partial charge in [-0.15, -0.1) is 0 Å². The lowest BCUT2D eigenvalue weighted by Crippen LogP contribution is -2.37. The fourth-order valence-corrected chi connectivity index (χ4v) is 4.56. The van der Waals surface area contributed by atoms with Crippen LogP contribution in [0.3, 0.4) is 0 Å². The maximum atomic E-state index is 13.1. The Morgan fingerprint density at radius 1 is 1.22 bits per heavy atom. The highest BCUT2D eigenvalue weighted by atomic mass is 32.2. The molecule has 1 aromatic carbocycles. The molecule has 5 nitrogen and oxygen atoms in total.